The molecular formula is C21H22N4O4S. The van der Waals surface area contributed by atoms with Crippen molar-refractivity contribution < 1.29 is 14.3 Å². The fourth-order valence-corrected chi connectivity index (χ4v) is 4.59. The van der Waals surface area contributed by atoms with Crippen LogP contribution in [0.2, 0.25) is 0 Å². The highest BCUT2D eigenvalue weighted by atomic mass is 32.1. The maximum absolute atomic E-state index is 12.6. The number of anilines is 1. The van der Waals surface area contributed by atoms with E-state index < -0.39 is 5.92 Å². The maximum Gasteiger partial charge on any atom is 0.258 e. The van der Waals surface area contributed by atoms with Gasteiger partial charge in [-0.1, -0.05) is 0 Å². The van der Waals surface area contributed by atoms with Gasteiger partial charge in [-0.05, 0) is 31.2 Å². The molecule has 9 heteroatoms. The van der Waals surface area contributed by atoms with Gasteiger partial charge in [-0.3, -0.25) is 18.8 Å². The molecule has 1 unspecified atom stereocenters. The smallest absolute Gasteiger partial charge is 0.258 e. The van der Waals surface area contributed by atoms with Gasteiger partial charge < -0.3 is 15.0 Å². The Hall–Kier alpha value is -3.20. The van der Waals surface area contributed by atoms with E-state index in [1.807, 2.05) is 17.5 Å². The van der Waals surface area contributed by atoms with Gasteiger partial charge in [0.2, 0.25) is 11.8 Å². The van der Waals surface area contributed by atoms with E-state index in [-0.39, 0.29) is 23.8 Å². The predicted octanol–water partition coefficient (Wildman–Crippen LogP) is 1.78. The van der Waals surface area contributed by atoms with Crippen LogP contribution in [0.5, 0.6) is 5.75 Å². The van der Waals surface area contributed by atoms with Crippen molar-refractivity contribution in [1.29, 1.82) is 0 Å². The maximum atomic E-state index is 12.6. The van der Waals surface area contributed by atoms with Crippen LogP contribution in [0.1, 0.15) is 17.8 Å². The van der Waals surface area contributed by atoms with E-state index in [4.69, 9.17) is 4.74 Å². The second-order valence-corrected chi connectivity index (χ2v) is 8.06. The van der Waals surface area contributed by atoms with Crippen LogP contribution < -0.4 is 20.5 Å². The molecule has 2 amide bonds. The van der Waals surface area contributed by atoms with Crippen LogP contribution in [0.15, 0.2) is 40.5 Å². The number of aromatic nitrogens is 2. The number of thiazole rings is 1. The summed E-state index contributed by atoms with van der Waals surface area (Å²) in [4.78, 5) is 43.8. The van der Waals surface area contributed by atoms with Crippen LogP contribution >= 0.6 is 11.3 Å². The van der Waals surface area contributed by atoms with Gasteiger partial charge in [0.15, 0.2) is 4.96 Å². The molecule has 156 valence electrons. The van der Waals surface area contributed by atoms with Crippen molar-refractivity contribution in [3.63, 3.8) is 0 Å². The molecule has 3 heterocycles. The number of hydrogen-bond acceptors (Lipinski definition) is 6. The fourth-order valence-electron chi connectivity index (χ4n) is 3.61. The van der Waals surface area contributed by atoms with Gasteiger partial charge in [0.05, 0.1) is 13.0 Å². The van der Waals surface area contributed by atoms with Gasteiger partial charge in [-0.2, -0.15) is 0 Å². The van der Waals surface area contributed by atoms with Crippen LogP contribution in [0.4, 0.5) is 5.69 Å². The molecule has 0 spiro atoms. The standard InChI is InChI=1S/C21H22N4O4S/c1-13-9-19(27)25-16(12-30-21(25)23-13)7-8-22-20(28)14-10-18(26)24(11-14)15-3-5-17(29-2)6-4-15/h3-6,9,12,14H,7-8,10-11H2,1-2H3,(H,22,28). The Morgan fingerprint density at radius 3 is 2.80 bits per heavy atom. The lowest BCUT2D eigenvalue weighted by Gasteiger charge is -2.17. The zero-order valence-corrected chi connectivity index (χ0v) is 17.6. The fraction of sp³-hybridized carbons (Fsp3) is 0.333. The van der Waals surface area contributed by atoms with Gasteiger partial charge >= 0.3 is 0 Å². The molecule has 3 aromatic rings. The number of rotatable bonds is 6. The third-order valence-corrected chi connectivity index (χ3v) is 6.04. The van der Waals surface area contributed by atoms with Gasteiger partial charge in [0.1, 0.15) is 5.75 Å². The van der Waals surface area contributed by atoms with E-state index in [2.05, 4.69) is 10.3 Å². The lowest BCUT2D eigenvalue weighted by Crippen LogP contribution is -2.34. The van der Waals surface area contributed by atoms with E-state index in [0.29, 0.717) is 35.9 Å². The molecule has 1 aliphatic rings. The third-order valence-electron chi connectivity index (χ3n) is 5.16. The SMILES string of the molecule is COc1ccc(N2CC(C(=O)NCCc3csc4nc(C)cc(=O)n34)CC2=O)cc1. The molecule has 1 aliphatic heterocycles. The average Bonchev–Trinajstić information content (AvgIpc) is 3.31. The molecule has 8 nitrogen and oxygen atoms in total. The van der Waals surface area contributed by atoms with Crippen molar-refractivity contribution in [3.8, 4) is 5.75 Å². The van der Waals surface area contributed by atoms with Gasteiger partial charge in [0, 0.05) is 54.5 Å². The molecule has 0 bridgehead atoms. The minimum absolute atomic E-state index is 0.0721. The first-order valence-corrected chi connectivity index (χ1v) is 10.5. The second kappa shape index (κ2) is 8.27. The topological polar surface area (TPSA) is 93.0 Å². The molecule has 2 aromatic heterocycles. The molecule has 0 saturated carbocycles. The van der Waals surface area contributed by atoms with Crippen LogP contribution in [-0.4, -0.2) is 41.4 Å². The summed E-state index contributed by atoms with van der Waals surface area (Å²) in [5, 5.41) is 4.79. The van der Waals surface area contributed by atoms with E-state index in [1.54, 1.807) is 35.5 Å². The minimum atomic E-state index is -0.397. The van der Waals surface area contributed by atoms with E-state index in [1.165, 1.54) is 17.4 Å². The number of nitrogens with zero attached hydrogens (tertiary/aromatic N) is 3. The van der Waals surface area contributed by atoms with Gasteiger partial charge in [0.25, 0.3) is 5.56 Å². The number of nitrogens with one attached hydrogen (secondary N) is 1. The Labute approximate surface area is 177 Å². The Balaban J connectivity index is 1.36. The molecular weight excluding hydrogens is 404 g/mol. The van der Waals surface area contributed by atoms with E-state index >= 15 is 0 Å². The second-order valence-electron chi connectivity index (χ2n) is 7.23. The number of aryl methyl sites for hydroxylation is 1. The van der Waals surface area contributed by atoms with Crippen molar-refractivity contribution >= 4 is 33.8 Å². The normalized spacial score (nSPS) is 16.3. The summed E-state index contributed by atoms with van der Waals surface area (Å²) < 4.78 is 6.72. The molecule has 1 N–H and O–H groups in total. The molecule has 30 heavy (non-hydrogen) atoms. The van der Waals surface area contributed by atoms with Crippen LogP contribution in [0.25, 0.3) is 4.96 Å². The molecule has 4 rings (SSSR count). The van der Waals surface area contributed by atoms with Crippen LogP contribution in [0, 0.1) is 12.8 Å². The predicted molar refractivity (Wildman–Crippen MR) is 114 cm³/mol. The summed E-state index contributed by atoms with van der Waals surface area (Å²) in [7, 11) is 1.59. The van der Waals surface area contributed by atoms with Crippen molar-refractivity contribution in [2.24, 2.45) is 5.92 Å². The highest BCUT2D eigenvalue weighted by molar-refractivity contribution is 7.15. The first kappa shape index (κ1) is 20.1. The number of ether oxygens (including phenoxy) is 1. The number of carbonyl (C=O) groups is 2. The lowest BCUT2D eigenvalue weighted by molar-refractivity contribution is -0.126. The summed E-state index contributed by atoms with van der Waals surface area (Å²) in [6, 6.07) is 8.71. The van der Waals surface area contributed by atoms with Gasteiger partial charge in [-0.25, -0.2) is 4.98 Å². The Morgan fingerprint density at radius 1 is 1.30 bits per heavy atom. The third kappa shape index (κ3) is 3.93. The van der Waals surface area contributed by atoms with Crippen molar-refractivity contribution in [1.82, 2.24) is 14.7 Å². The van der Waals surface area contributed by atoms with Crippen molar-refractivity contribution in [3.05, 3.63) is 57.5 Å². The molecule has 0 aliphatic carbocycles. The molecule has 0 radical (unpaired) electrons. The first-order valence-electron chi connectivity index (χ1n) is 9.65. The summed E-state index contributed by atoms with van der Waals surface area (Å²) in [5.41, 5.74) is 2.14. The Bertz CT molecular complexity index is 1150. The highest BCUT2D eigenvalue weighted by Crippen LogP contribution is 2.27. The largest absolute Gasteiger partial charge is 0.497 e. The molecule has 1 aromatic carbocycles. The molecule has 1 atom stereocenters. The highest BCUT2D eigenvalue weighted by Gasteiger charge is 2.35. The number of carbonyl (C=O) groups excluding carboxylic acids is 2. The van der Waals surface area contributed by atoms with Crippen LogP contribution in [0.3, 0.4) is 0 Å². The van der Waals surface area contributed by atoms with Gasteiger partial charge in [-0.15, -0.1) is 11.3 Å². The Kier molecular flexibility index (Phi) is 5.54. The van der Waals surface area contributed by atoms with Crippen molar-refractivity contribution in [2.45, 2.75) is 19.8 Å². The molecule has 1 saturated heterocycles. The zero-order valence-electron chi connectivity index (χ0n) is 16.8. The summed E-state index contributed by atoms with van der Waals surface area (Å²) in [6.45, 7) is 2.53. The first-order chi connectivity index (χ1) is 14.5. The monoisotopic (exact) mass is 426 g/mol. The summed E-state index contributed by atoms with van der Waals surface area (Å²) >= 11 is 1.41. The van der Waals surface area contributed by atoms with Crippen LogP contribution in [-0.2, 0) is 16.0 Å². The van der Waals surface area contributed by atoms with E-state index in [9.17, 15) is 14.4 Å². The van der Waals surface area contributed by atoms with E-state index in [0.717, 1.165) is 11.4 Å². The average molecular weight is 426 g/mol. The molecule has 1 fully saturated rings. The number of fused-ring (bicyclic) bond motifs is 1. The van der Waals surface area contributed by atoms with Crippen molar-refractivity contribution in [2.75, 3.05) is 25.1 Å². The lowest BCUT2D eigenvalue weighted by atomic mass is 10.1. The minimum Gasteiger partial charge on any atom is -0.497 e. The zero-order chi connectivity index (χ0) is 21.3. The Morgan fingerprint density at radius 2 is 2.07 bits per heavy atom. The number of benzene rings is 1. The number of methoxy groups -OCH3 is 1. The number of hydrogen-bond donors (Lipinski definition) is 1. The summed E-state index contributed by atoms with van der Waals surface area (Å²) in [6.07, 6.45) is 0.696. The quantitative estimate of drug-likeness (QED) is 0.649. The summed E-state index contributed by atoms with van der Waals surface area (Å²) in [5.74, 6) is 0.0910. The number of amides is 2.